The van der Waals surface area contributed by atoms with Gasteiger partial charge in [0.1, 0.15) is 4.34 Å². The number of anilines is 1. The predicted octanol–water partition coefficient (Wildman–Crippen LogP) is 4.69. The molecule has 1 aromatic heterocycles. The molecule has 0 amide bonds. The van der Waals surface area contributed by atoms with Gasteiger partial charge in [-0.15, -0.1) is 11.3 Å². The highest BCUT2D eigenvalue weighted by atomic mass is 79.9. The predicted molar refractivity (Wildman–Crippen MR) is 90.2 cm³/mol. The van der Waals surface area contributed by atoms with Crippen LogP contribution in [0, 0.1) is 0 Å². The Balaban J connectivity index is 2.03. The molecule has 1 unspecified atom stereocenters. The Hall–Kier alpha value is -0.750. The van der Waals surface area contributed by atoms with Crippen molar-refractivity contribution in [2.45, 2.75) is 6.04 Å². The summed E-state index contributed by atoms with van der Waals surface area (Å²) in [7, 11) is 0. The van der Waals surface area contributed by atoms with Crippen LogP contribution < -0.4 is 10.6 Å². The van der Waals surface area contributed by atoms with Gasteiger partial charge in [-0.05, 0) is 34.1 Å². The van der Waals surface area contributed by atoms with Crippen molar-refractivity contribution < 1.29 is 0 Å². The zero-order valence-electron chi connectivity index (χ0n) is 10.2. The van der Waals surface area contributed by atoms with E-state index in [1.807, 2.05) is 35.2 Å². The molecule has 0 saturated carbocycles. The first-order valence-corrected chi connectivity index (χ1v) is 8.23. The van der Waals surface area contributed by atoms with Crippen LogP contribution in [-0.2, 0) is 0 Å². The molecule has 0 spiro atoms. The van der Waals surface area contributed by atoms with Crippen molar-refractivity contribution in [2.75, 3.05) is 11.4 Å². The van der Waals surface area contributed by atoms with E-state index < -0.39 is 0 Å². The summed E-state index contributed by atoms with van der Waals surface area (Å²) in [6.45, 7) is 0.598. The number of hydrogen-bond acceptors (Lipinski definition) is 4. The third-order valence-corrected chi connectivity index (χ3v) is 5.98. The van der Waals surface area contributed by atoms with Gasteiger partial charge in [0, 0.05) is 9.35 Å². The van der Waals surface area contributed by atoms with Crippen LogP contribution in [0.4, 0.5) is 5.69 Å². The Bertz CT molecular complexity index is 667. The summed E-state index contributed by atoms with van der Waals surface area (Å²) in [4.78, 5) is 7.40. The number of para-hydroxylation sites is 1. The van der Waals surface area contributed by atoms with E-state index in [-0.39, 0.29) is 6.04 Å². The minimum absolute atomic E-state index is 0.0312. The van der Waals surface area contributed by atoms with Crippen LogP contribution >= 0.6 is 50.5 Å². The molecule has 3 nitrogen and oxygen atoms in total. The number of rotatable bonds is 2. The third-order valence-electron chi connectivity index (χ3n) is 3.09. The molecule has 0 radical (unpaired) electrons. The van der Waals surface area contributed by atoms with Gasteiger partial charge in [0.05, 0.1) is 23.3 Å². The lowest BCUT2D eigenvalue weighted by Crippen LogP contribution is -2.36. The Labute approximate surface area is 139 Å². The first kappa shape index (κ1) is 14.2. The van der Waals surface area contributed by atoms with Gasteiger partial charge in [0.25, 0.3) is 0 Å². The van der Waals surface area contributed by atoms with Crippen molar-refractivity contribution in [1.29, 1.82) is 0 Å². The molecule has 3 rings (SSSR count). The summed E-state index contributed by atoms with van der Waals surface area (Å²) >= 11 is 17.4. The molecule has 0 saturated heterocycles. The van der Waals surface area contributed by atoms with E-state index in [4.69, 9.17) is 28.9 Å². The minimum Gasteiger partial charge on any atom is -0.369 e. The van der Waals surface area contributed by atoms with E-state index in [0.717, 1.165) is 19.4 Å². The Morgan fingerprint density at radius 3 is 2.75 bits per heavy atom. The highest BCUT2D eigenvalue weighted by Crippen LogP contribution is 2.41. The number of guanidine groups is 1. The molecular weight excluding hydrogens is 381 g/mol. The topological polar surface area (TPSA) is 41.6 Å². The molecule has 1 aromatic carbocycles. The van der Waals surface area contributed by atoms with Gasteiger partial charge in [-0.3, -0.25) is 4.99 Å². The Morgan fingerprint density at radius 1 is 1.35 bits per heavy atom. The molecule has 1 aliphatic rings. The maximum Gasteiger partial charge on any atom is 0.196 e. The molecule has 1 atom stereocenters. The zero-order chi connectivity index (χ0) is 14.3. The van der Waals surface area contributed by atoms with Gasteiger partial charge in [0.15, 0.2) is 5.96 Å². The van der Waals surface area contributed by atoms with Gasteiger partial charge in [0.2, 0.25) is 0 Å². The van der Waals surface area contributed by atoms with Crippen molar-refractivity contribution in [1.82, 2.24) is 0 Å². The summed E-state index contributed by atoms with van der Waals surface area (Å²) in [6.07, 6.45) is 0. The fourth-order valence-electron chi connectivity index (χ4n) is 2.18. The highest BCUT2D eigenvalue weighted by Gasteiger charge is 2.31. The van der Waals surface area contributed by atoms with Gasteiger partial charge in [-0.1, -0.05) is 35.3 Å². The fourth-order valence-corrected chi connectivity index (χ4v) is 4.23. The van der Waals surface area contributed by atoms with Crippen LogP contribution in [0.25, 0.3) is 0 Å². The lowest BCUT2D eigenvalue weighted by molar-refractivity contribution is 0.784. The minimum atomic E-state index is 0.0312. The summed E-state index contributed by atoms with van der Waals surface area (Å²) in [5.41, 5.74) is 6.89. The second-order valence-electron chi connectivity index (χ2n) is 4.31. The van der Waals surface area contributed by atoms with E-state index in [1.165, 1.54) is 11.3 Å². The summed E-state index contributed by atoms with van der Waals surface area (Å²) in [5.74, 6) is 0.476. The first-order valence-electron chi connectivity index (χ1n) is 5.86. The molecule has 0 bridgehead atoms. The quantitative estimate of drug-likeness (QED) is 0.807. The molecule has 20 heavy (non-hydrogen) atoms. The van der Waals surface area contributed by atoms with E-state index >= 15 is 0 Å². The van der Waals surface area contributed by atoms with Crippen LogP contribution in [0.15, 0.2) is 39.8 Å². The maximum absolute atomic E-state index is 6.27. The van der Waals surface area contributed by atoms with Crippen molar-refractivity contribution in [3.8, 4) is 0 Å². The Kier molecular flexibility index (Phi) is 3.95. The molecule has 104 valence electrons. The lowest BCUT2D eigenvalue weighted by atomic mass is 10.2. The van der Waals surface area contributed by atoms with Crippen LogP contribution in [0.3, 0.4) is 0 Å². The molecule has 1 aliphatic heterocycles. The van der Waals surface area contributed by atoms with Gasteiger partial charge in [-0.25, -0.2) is 0 Å². The normalized spacial score (nSPS) is 18.4. The summed E-state index contributed by atoms with van der Waals surface area (Å²) < 4.78 is 1.62. The van der Waals surface area contributed by atoms with Crippen molar-refractivity contribution in [3.05, 3.63) is 49.0 Å². The summed E-state index contributed by atoms with van der Waals surface area (Å²) in [5, 5.41) is 0.652. The fraction of sp³-hybridized carbons (Fsp3) is 0.154. The Morgan fingerprint density at radius 2 is 2.10 bits per heavy atom. The number of thiophene rings is 1. The summed E-state index contributed by atoms with van der Waals surface area (Å²) in [6, 6.07) is 9.65. The number of hydrogen-bond donors (Lipinski definition) is 1. The van der Waals surface area contributed by atoms with Crippen LogP contribution in [-0.4, -0.2) is 12.5 Å². The third kappa shape index (κ3) is 2.44. The van der Waals surface area contributed by atoms with Crippen molar-refractivity contribution in [2.24, 2.45) is 10.7 Å². The maximum atomic E-state index is 6.27. The average molecular weight is 391 g/mol. The lowest BCUT2D eigenvalue weighted by Gasteiger charge is -2.26. The van der Waals surface area contributed by atoms with E-state index in [0.29, 0.717) is 17.5 Å². The van der Waals surface area contributed by atoms with Crippen molar-refractivity contribution in [3.63, 3.8) is 0 Å². The number of aliphatic imine (C=N–C) groups is 1. The van der Waals surface area contributed by atoms with Gasteiger partial charge >= 0.3 is 0 Å². The monoisotopic (exact) mass is 389 g/mol. The van der Waals surface area contributed by atoms with Gasteiger partial charge < -0.3 is 10.6 Å². The number of nitrogens with two attached hydrogens (primary N) is 1. The average Bonchev–Trinajstić information content (AvgIpc) is 2.94. The van der Waals surface area contributed by atoms with E-state index in [2.05, 4.69) is 20.9 Å². The van der Waals surface area contributed by atoms with Crippen LogP contribution in [0.1, 0.15) is 10.9 Å². The SMILES string of the molecule is NC1=NCC(c2cc(Br)c(Cl)s2)N1c1ccccc1Cl. The van der Waals surface area contributed by atoms with Crippen LogP contribution in [0.2, 0.25) is 9.36 Å². The largest absolute Gasteiger partial charge is 0.369 e. The van der Waals surface area contributed by atoms with E-state index in [1.54, 1.807) is 0 Å². The van der Waals surface area contributed by atoms with Crippen LogP contribution in [0.5, 0.6) is 0 Å². The van der Waals surface area contributed by atoms with Crippen molar-refractivity contribution >= 4 is 62.1 Å². The molecule has 0 aliphatic carbocycles. The number of benzene rings is 1. The molecule has 7 heteroatoms. The molecule has 2 heterocycles. The first-order chi connectivity index (χ1) is 9.58. The molecular formula is C13H10BrCl2N3S. The van der Waals surface area contributed by atoms with Gasteiger partial charge in [-0.2, -0.15) is 0 Å². The molecule has 2 aromatic rings. The highest BCUT2D eigenvalue weighted by molar-refractivity contribution is 9.10. The number of nitrogens with zero attached hydrogens (tertiary/aromatic N) is 2. The van der Waals surface area contributed by atoms with E-state index in [9.17, 15) is 0 Å². The standard InChI is InChI=1S/C13H10BrCl2N3S/c14-7-5-11(20-12(7)16)10-6-18-13(17)19(10)9-4-2-1-3-8(9)15/h1-5,10H,6H2,(H2,17,18). The second kappa shape index (κ2) is 5.56. The molecule has 0 fully saturated rings. The smallest absolute Gasteiger partial charge is 0.196 e. The second-order valence-corrected chi connectivity index (χ2v) is 7.25. The molecule has 2 N–H and O–H groups in total. The number of halogens is 3. The zero-order valence-corrected chi connectivity index (χ0v) is 14.1.